The number of carbonyl (C=O) groups is 2. The van der Waals surface area contributed by atoms with Crippen LogP contribution in [0.2, 0.25) is 0 Å². The van der Waals surface area contributed by atoms with E-state index in [4.69, 9.17) is 0 Å². The van der Waals surface area contributed by atoms with Crippen molar-refractivity contribution in [3.05, 3.63) is 33.1 Å². The average molecular weight is 337 g/mol. The summed E-state index contributed by atoms with van der Waals surface area (Å²) in [5.41, 5.74) is -1.02. The van der Waals surface area contributed by atoms with Crippen LogP contribution in [-0.4, -0.2) is 32.2 Å². The van der Waals surface area contributed by atoms with Gasteiger partial charge in [-0.1, -0.05) is 25.7 Å². The molecule has 0 saturated heterocycles. The van der Waals surface area contributed by atoms with E-state index in [-0.39, 0.29) is 6.54 Å². The average Bonchev–Trinajstić information content (AvgIpc) is 2.50. The van der Waals surface area contributed by atoms with E-state index in [1.165, 1.54) is 19.3 Å². The Kier molecular flexibility index (Phi) is 5.94. The number of hydrogen-bond donors (Lipinski definition) is 2. The van der Waals surface area contributed by atoms with Gasteiger partial charge in [0.25, 0.3) is 5.56 Å². The lowest BCUT2D eigenvalue weighted by atomic mass is 9.87. The third-order valence-corrected chi connectivity index (χ3v) is 4.50. The van der Waals surface area contributed by atoms with Crippen molar-refractivity contribution in [1.29, 1.82) is 0 Å². The van der Waals surface area contributed by atoms with Crippen LogP contribution in [-0.2, 0) is 23.2 Å². The normalized spacial score (nSPS) is 21.5. The second-order valence-electron chi connectivity index (χ2n) is 6.23. The van der Waals surface area contributed by atoms with E-state index >= 15 is 0 Å². The Balaban J connectivity index is 2.09. The molecule has 2 rings (SSSR count). The lowest BCUT2D eigenvalue weighted by Crippen LogP contribution is -2.46. The van der Waals surface area contributed by atoms with E-state index in [0.717, 1.165) is 34.8 Å². The van der Waals surface area contributed by atoms with Gasteiger partial charge in [-0.3, -0.25) is 23.5 Å². The monoisotopic (exact) mass is 337 g/mol. The maximum atomic E-state index is 12.2. The molecule has 1 aliphatic carbocycles. The maximum absolute atomic E-state index is 12.2. The minimum atomic E-state index is -0.901. The Hall–Kier alpha value is -2.38. The number of hydrogen-bond acceptors (Lipinski definition) is 4. The number of nitrogens with one attached hydrogen (secondary N) is 1. The Morgan fingerprint density at radius 1 is 1.21 bits per heavy atom. The van der Waals surface area contributed by atoms with Crippen LogP contribution < -0.4 is 16.6 Å². The Bertz CT molecular complexity index is 721. The molecule has 1 fully saturated rings. The molecule has 1 heterocycles. The number of carboxylic acids is 1. The quantitative estimate of drug-likeness (QED) is 0.809. The zero-order valence-electron chi connectivity index (χ0n) is 13.7. The van der Waals surface area contributed by atoms with Crippen LogP contribution in [0.15, 0.2) is 21.9 Å². The first-order valence-electron chi connectivity index (χ1n) is 8.19. The summed E-state index contributed by atoms with van der Waals surface area (Å²) in [6, 6.07) is 0.781. The van der Waals surface area contributed by atoms with E-state index in [1.54, 1.807) is 0 Å². The van der Waals surface area contributed by atoms with Crippen molar-refractivity contribution >= 4 is 11.9 Å². The Labute approximate surface area is 139 Å². The molecule has 2 atom stereocenters. The number of carbonyl (C=O) groups excluding carboxylic acids is 1. The standard InChI is InChI=1S/C16H23N3O5/c1-18-14(21)8-9-19(16(18)24)10-13(20)17-12-7-5-3-2-4-6-11(12)15(22)23/h8-9,11-12H,2-7,10H2,1H3,(H,17,20)(H,22,23). The highest BCUT2D eigenvalue weighted by Gasteiger charge is 2.29. The molecule has 0 spiro atoms. The molecule has 2 N–H and O–H groups in total. The highest BCUT2D eigenvalue weighted by molar-refractivity contribution is 5.78. The molecule has 1 amide bonds. The largest absolute Gasteiger partial charge is 0.481 e. The first kappa shape index (κ1) is 18.0. The van der Waals surface area contributed by atoms with Crippen LogP contribution in [0, 0.1) is 5.92 Å². The minimum absolute atomic E-state index is 0.240. The van der Waals surface area contributed by atoms with Gasteiger partial charge in [-0.2, -0.15) is 0 Å². The zero-order valence-corrected chi connectivity index (χ0v) is 13.7. The molecule has 8 nitrogen and oxygen atoms in total. The van der Waals surface area contributed by atoms with Gasteiger partial charge in [-0.15, -0.1) is 0 Å². The predicted octanol–water partition coefficient (Wildman–Crippen LogP) is 0.0868. The topological polar surface area (TPSA) is 110 Å². The summed E-state index contributed by atoms with van der Waals surface area (Å²) in [7, 11) is 1.34. The van der Waals surface area contributed by atoms with Crippen LogP contribution in [0.1, 0.15) is 38.5 Å². The van der Waals surface area contributed by atoms with E-state index in [1.807, 2.05) is 0 Å². The molecular weight excluding hydrogens is 314 g/mol. The maximum Gasteiger partial charge on any atom is 0.331 e. The SMILES string of the molecule is Cn1c(=O)ccn(CC(=O)NC2CCCCCCC2C(=O)O)c1=O. The van der Waals surface area contributed by atoms with Crippen LogP contribution in [0.25, 0.3) is 0 Å². The summed E-state index contributed by atoms with van der Waals surface area (Å²) in [4.78, 5) is 47.0. The molecule has 0 radical (unpaired) electrons. The van der Waals surface area contributed by atoms with Crippen LogP contribution in [0.3, 0.4) is 0 Å². The molecule has 1 aromatic heterocycles. The molecule has 1 saturated carbocycles. The minimum Gasteiger partial charge on any atom is -0.481 e. The van der Waals surface area contributed by atoms with Crippen molar-refractivity contribution in [1.82, 2.24) is 14.5 Å². The van der Waals surface area contributed by atoms with E-state index in [9.17, 15) is 24.3 Å². The number of aromatic nitrogens is 2. The Morgan fingerprint density at radius 3 is 2.54 bits per heavy atom. The number of carboxylic acid groups (broad SMARTS) is 1. The van der Waals surface area contributed by atoms with Crippen molar-refractivity contribution in [2.75, 3.05) is 0 Å². The fraction of sp³-hybridized carbons (Fsp3) is 0.625. The van der Waals surface area contributed by atoms with Crippen LogP contribution >= 0.6 is 0 Å². The molecule has 132 valence electrons. The lowest BCUT2D eigenvalue weighted by Gasteiger charge is -2.27. The summed E-state index contributed by atoms with van der Waals surface area (Å²) in [5.74, 6) is -1.93. The van der Waals surface area contributed by atoms with Gasteiger partial charge in [0.2, 0.25) is 5.91 Å². The first-order chi connectivity index (χ1) is 11.4. The van der Waals surface area contributed by atoms with Crippen molar-refractivity contribution in [2.24, 2.45) is 13.0 Å². The number of aliphatic carboxylic acids is 1. The molecule has 24 heavy (non-hydrogen) atoms. The summed E-state index contributed by atoms with van der Waals surface area (Å²) < 4.78 is 2.05. The number of amides is 1. The molecule has 1 aliphatic rings. The molecular formula is C16H23N3O5. The molecule has 2 unspecified atom stereocenters. The van der Waals surface area contributed by atoms with Crippen LogP contribution in [0.4, 0.5) is 0 Å². The fourth-order valence-electron chi connectivity index (χ4n) is 3.10. The molecule has 8 heteroatoms. The van der Waals surface area contributed by atoms with Gasteiger partial charge in [-0.05, 0) is 12.8 Å². The highest BCUT2D eigenvalue weighted by Crippen LogP contribution is 2.23. The Morgan fingerprint density at radius 2 is 1.88 bits per heavy atom. The predicted molar refractivity (Wildman–Crippen MR) is 86.7 cm³/mol. The van der Waals surface area contributed by atoms with Crippen molar-refractivity contribution in [3.63, 3.8) is 0 Å². The summed E-state index contributed by atoms with van der Waals surface area (Å²) in [6.45, 7) is -0.240. The third kappa shape index (κ3) is 4.33. The molecule has 0 bridgehead atoms. The summed E-state index contributed by atoms with van der Waals surface area (Å²) in [6.07, 6.45) is 6.18. The van der Waals surface area contributed by atoms with E-state index < -0.39 is 35.1 Å². The number of rotatable bonds is 4. The van der Waals surface area contributed by atoms with Crippen molar-refractivity contribution in [3.8, 4) is 0 Å². The second-order valence-corrected chi connectivity index (χ2v) is 6.23. The van der Waals surface area contributed by atoms with Gasteiger partial charge in [0.15, 0.2) is 0 Å². The third-order valence-electron chi connectivity index (χ3n) is 4.50. The van der Waals surface area contributed by atoms with Gasteiger partial charge < -0.3 is 10.4 Å². The van der Waals surface area contributed by atoms with E-state index in [0.29, 0.717) is 12.8 Å². The smallest absolute Gasteiger partial charge is 0.331 e. The van der Waals surface area contributed by atoms with Gasteiger partial charge >= 0.3 is 11.7 Å². The lowest BCUT2D eigenvalue weighted by molar-refractivity contribution is -0.143. The van der Waals surface area contributed by atoms with Gasteiger partial charge in [0.05, 0.1) is 5.92 Å². The van der Waals surface area contributed by atoms with E-state index in [2.05, 4.69) is 5.32 Å². The highest BCUT2D eigenvalue weighted by atomic mass is 16.4. The van der Waals surface area contributed by atoms with Gasteiger partial charge in [0.1, 0.15) is 6.54 Å². The zero-order chi connectivity index (χ0) is 17.7. The molecule has 0 aliphatic heterocycles. The summed E-state index contributed by atoms with van der Waals surface area (Å²) >= 11 is 0. The number of nitrogens with zero attached hydrogens (tertiary/aromatic N) is 2. The first-order valence-corrected chi connectivity index (χ1v) is 8.19. The summed E-state index contributed by atoms with van der Waals surface area (Å²) in [5, 5.41) is 12.2. The van der Waals surface area contributed by atoms with Crippen molar-refractivity contribution < 1.29 is 14.7 Å². The van der Waals surface area contributed by atoms with Crippen molar-refractivity contribution in [2.45, 2.75) is 51.1 Å². The second kappa shape index (κ2) is 7.94. The van der Waals surface area contributed by atoms with Gasteiger partial charge in [-0.25, -0.2) is 4.79 Å². The van der Waals surface area contributed by atoms with Gasteiger partial charge in [0, 0.05) is 25.4 Å². The van der Waals surface area contributed by atoms with Crippen LogP contribution in [0.5, 0.6) is 0 Å². The molecule has 1 aromatic rings. The fourth-order valence-corrected chi connectivity index (χ4v) is 3.10. The molecule has 0 aromatic carbocycles.